The molecule has 184 valence electrons. The zero-order chi connectivity index (χ0) is 25.3. The minimum atomic E-state index is -3.56. The van der Waals surface area contributed by atoms with E-state index in [1.54, 1.807) is 54.2 Å². The van der Waals surface area contributed by atoms with Crippen LogP contribution < -0.4 is 10.2 Å². The molecule has 8 nitrogen and oxygen atoms in total. The van der Waals surface area contributed by atoms with Crippen LogP contribution in [0.4, 0.5) is 5.69 Å². The molecule has 1 saturated heterocycles. The van der Waals surface area contributed by atoms with Crippen molar-refractivity contribution in [2.75, 3.05) is 38.3 Å². The average Bonchev–Trinajstić information content (AvgIpc) is 3.38. The Bertz CT molecular complexity index is 1420. The van der Waals surface area contributed by atoms with Gasteiger partial charge < -0.3 is 15.1 Å². The Morgan fingerprint density at radius 3 is 2.57 bits per heavy atom. The summed E-state index contributed by atoms with van der Waals surface area (Å²) in [5, 5.41) is 4.54. The fraction of sp³-hybridized carbons (Fsp3) is 0.292. The number of amides is 2. The van der Waals surface area contributed by atoms with Gasteiger partial charge in [0.1, 0.15) is 5.84 Å². The van der Waals surface area contributed by atoms with E-state index in [9.17, 15) is 18.0 Å². The lowest BCUT2D eigenvalue weighted by Crippen LogP contribution is -2.31. The Hall–Kier alpha value is -2.95. The van der Waals surface area contributed by atoms with Crippen molar-refractivity contribution in [2.24, 2.45) is 10.3 Å². The normalized spacial score (nSPS) is 16.7. The quantitative estimate of drug-likeness (QED) is 0.386. The Morgan fingerprint density at radius 1 is 1.20 bits per heavy atom. The molecule has 1 aliphatic rings. The number of carbonyl (C=O) groups is 2. The minimum absolute atomic E-state index is 0.0147. The van der Waals surface area contributed by atoms with E-state index >= 15 is 0 Å². The first kappa shape index (κ1) is 25.2. The van der Waals surface area contributed by atoms with Crippen LogP contribution in [0.25, 0.3) is 10.1 Å². The lowest BCUT2D eigenvalue weighted by molar-refractivity contribution is -0.117. The number of amidine groups is 1. The molecule has 0 radical (unpaired) electrons. The molecular weight excluding hydrogens is 508 g/mol. The van der Waals surface area contributed by atoms with Gasteiger partial charge in [-0.2, -0.15) is 0 Å². The molecule has 0 bridgehead atoms. The van der Waals surface area contributed by atoms with Crippen molar-refractivity contribution in [1.29, 1.82) is 0 Å². The highest BCUT2D eigenvalue weighted by molar-refractivity contribution is 7.89. The van der Waals surface area contributed by atoms with Crippen molar-refractivity contribution >= 4 is 66.4 Å². The zero-order valence-corrected chi connectivity index (χ0v) is 21.9. The first-order valence-corrected chi connectivity index (χ1v) is 13.9. The summed E-state index contributed by atoms with van der Waals surface area (Å²) in [6, 6.07) is 14.4. The van der Waals surface area contributed by atoms with Gasteiger partial charge in [-0.05, 0) is 47.9 Å². The zero-order valence-electron chi connectivity index (χ0n) is 19.5. The van der Waals surface area contributed by atoms with Gasteiger partial charge in [0, 0.05) is 60.5 Å². The van der Waals surface area contributed by atoms with Crippen LogP contribution in [0.1, 0.15) is 21.7 Å². The van der Waals surface area contributed by atoms with Gasteiger partial charge in [0.25, 0.3) is 15.9 Å². The van der Waals surface area contributed by atoms with E-state index in [1.807, 2.05) is 18.2 Å². The number of nitrogens with zero attached hydrogens (tertiary/aromatic N) is 3. The second kappa shape index (κ2) is 9.96. The van der Waals surface area contributed by atoms with Crippen LogP contribution in [0.5, 0.6) is 0 Å². The van der Waals surface area contributed by atoms with Gasteiger partial charge in [-0.25, -0.2) is 8.42 Å². The highest BCUT2D eigenvalue weighted by atomic mass is 35.5. The van der Waals surface area contributed by atoms with Crippen molar-refractivity contribution in [3.05, 3.63) is 64.0 Å². The molecule has 0 saturated carbocycles. The van der Waals surface area contributed by atoms with Crippen LogP contribution >= 0.6 is 22.9 Å². The standard InChI is InChI=1S/C24H25ClN4O4S2/c1-28(2)23(27-35(3,32)33)16-5-8-19(9-6-16)29-14-15(10-22(29)30)13-26-24(31)21-11-17-4-7-18(25)12-20(17)34-21/h4-9,11-12,15H,10,13-14H2,1-3H3,(H,26,31)/b27-23-. The second-order valence-corrected chi connectivity index (χ2v) is 11.8. The lowest BCUT2D eigenvalue weighted by atomic mass is 10.1. The van der Waals surface area contributed by atoms with E-state index in [0.29, 0.717) is 46.5 Å². The van der Waals surface area contributed by atoms with Crippen LogP contribution in [0, 0.1) is 5.92 Å². The van der Waals surface area contributed by atoms with E-state index in [2.05, 4.69) is 9.71 Å². The molecule has 35 heavy (non-hydrogen) atoms. The third kappa shape index (κ3) is 6.01. The predicted molar refractivity (Wildman–Crippen MR) is 141 cm³/mol. The summed E-state index contributed by atoms with van der Waals surface area (Å²) in [5.41, 5.74) is 1.34. The molecule has 4 rings (SSSR count). The number of sulfonamides is 1. The van der Waals surface area contributed by atoms with Gasteiger partial charge in [-0.15, -0.1) is 15.7 Å². The molecule has 1 atom stereocenters. The van der Waals surface area contributed by atoms with Crippen LogP contribution in [0.15, 0.2) is 52.9 Å². The molecular formula is C24H25ClN4O4S2. The number of halogens is 1. The number of benzene rings is 2. The second-order valence-electron chi connectivity index (χ2n) is 8.67. The topological polar surface area (TPSA) is 99.2 Å². The van der Waals surface area contributed by atoms with Crippen molar-refractivity contribution < 1.29 is 18.0 Å². The summed E-state index contributed by atoms with van der Waals surface area (Å²) in [5.74, 6) is 0.111. The summed E-state index contributed by atoms with van der Waals surface area (Å²) < 4.78 is 28.0. The third-order valence-electron chi connectivity index (χ3n) is 5.58. The van der Waals surface area contributed by atoms with Crippen LogP contribution in [0.3, 0.4) is 0 Å². The van der Waals surface area contributed by atoms with Crippen molar-refractivity contribution in [3.63, 3.8) is 0 Å². The first-order valence-electron chi connectivity index (χ1n) is 10.9. The molecule has 0 aliphatic carbocycles. The van der Waals surface area contributed by atoms with Gasteiger partial charge in [-0.1, -0.05) is 17.7 Å². The Labute approximate surface area is 213 Å². The molecule has 3 aromatic rings. The Balaban J connectivity index is 1.40. The van der Waals surface area contributed by atoms with Gasteiger partial charge in [-0.3, -0.25) is 9.59 Å². The molecule has 11 heteroatoms. The van der Waals surface area contributed by atoms with E-state index in [4.69, 9.17) is 11.6 Å². The molecule has 2 aromatic carbocycles. The molecule has 1 aliphatic heterocycles. The maximum atomic E-state index is 12.7. The number of hydrogen-bond acceptors (Lipinski definition) is 5. The van der Waals surface area contributed by atoms with Crippen LogP contribution in [-0.4, -0.2) is 64.4 Å². The third-order valence-corrected chi connectivity index (χ3v) is 7.41. The fourth-order valence-corrected chi connectivity index (χ4v) is 5.79. The van der Waals surface area contributed by atoms with Gasteiger partial charge >= 0.3 is 0 Å². The van der Waals surface area contributed by atoms with E-state index in [0.717, 1.165) is 16.3 Å². The largest absolute Gasteiger partial charge is 0.362 e. The SMILES string of the molecule is CN(C)/C(=N\S(C)(=O)=O)c1ccc(N2CC(CNC(=O)c3cc4ccc(Cl)cc4s3)CC2=O)cc1. The lowest BCUT2D eigenvalue weighted by Gasteiger charge is -2.19. The summed E-state index contributed by atoms with van der Waals surface area (Å²) >= 11 is 7.42. The minimum Gasteiger partial charge on any atom is -0.362 e. The molecule has 1 N–H and O–H groups in total. The maximum Gasteiger partial charge on any atom is 0.261 e. The van der Waals surface area contributed by atoms with Gasteiger partial charge in [0.15, 0.2) is 0 Å². The van der Waals surface area contributed by atoms with Crippen LogP contribution in [0.2, 0.25) is 5.02 Å². The molecule has 2 amide bonds. The molecule has 2 heterocycles. The van der Waals surface area contributed by atoms with Crippen molar-refractivity contribution in [3.8, 4) is 0 Å². The number of thiophene rings is 1. The van der Waals surface area contributed by atoms with E-state index in [1.165, 1.54) is 11.3 Å². The summed E-state index contributed by atoms with van der Waals surface area (Å²) in [6.45, 7) is 0.873. The fourth-order valence-electron chi connectivity index (χ4n) is 3.95. The van der Waals surface area contributed by atoms with E-state index < -0.39 is 10.0 Å². The number of rotatable bonds is 6. The highest BCUT2D eigenvalue weighted by Gasteiger charge is 2.31. The molecule has 1 fully saturated rings. The van der Waals surface area contributed by atoms with Gasteiger partial charge in [0.2, 0.25) is 5.91 Å². The van der Waals surface area contributed by atoms with Crippen molar-refractivity contribution in [2.45, 2.75) is 6.42 Å². The Morgan fingerprint density at radius 2 is 1.91 bits per heavy atom. The maximum absolute atomic E-state index is 12.7. The number of hydrogen-bond donors (Lipinski definition) is 1. The summed E-state index contributed by atoms with van der Waals surface area (Å²) in [6.07, 6.45) is 1.38. The summed E-state index contributed by atoms with van der Waals surface area (Å²) in [7, 11) is -0.125. The first-order chi connectivity index (χ1) is 16.5. The number of carbonyl (C=O) groups excluding carboxylic acids is 2. The predicted octanol–water partition coefficient (Wildman–Crippen LogP) is 3.61. The average molecular weight is 533 g/mol. The number of anilines is 1. The molecule has 1 unspecified atom stereocenters. The molecule has 0 spiro atoms. The Kier molecular flexibility index (Phi) is 7.16. The van der Waals surface area contributed by atoms with Crippen LogP contribution in [-0.2, 0) is 14.8 Å². The van der Waals surface area contributed by atoms with E-state index in [-0.39, 0.29) is 17.7 Å². The highest BCUT2D eigenvalue weighted by Crippen LogP contribution is 2.29. The molecule has 1 aromatic heterocycles. The van der Waals surface area contributed by atoms with Gasteiger partial charge in [0.05, 0.1) is 11.1 Å². The number of nitrogens with one attached hydrogen (secondary N) is 1. The monoisotopic (exact) mass is 532 g/mol. The smallest absolute Gasteiger partial charge is 0.261 e. The number of fused-ring (bicyclic) bond motifs is 1. The van der Waals surface area contributed by atoms with Crippen molar-refractivity contribution in [1.82, 2.24) is 10.2 Å². The summed E-state index contributed by atoms with van der Waals surface area (Å²) in [4.78, 5) is 29.2.